The molecule has 2 fully saturated rings. The minimum absolute atomic E-state index is 0.00929. The number of alkyl halides is 3. The first-order valence-electron chi connectivity index (χ1n) is 11.7. The Balaban J connectivity index is 1.17. The number of benzene rings is 1. The van der Waals surface area contributed by atoms with E-state index in [4.69, 9.17) is 9.26 Å². The highest BCUT2D eigenvalue weighted by Gasteiger charge is 2.37. The SMILES string of the molecule is CS(=O)(=O)c1ccc([C@H]2CC[C@H](OCC3CCN(Cc4nc(C(F)(F)F)no4)CC3)CC2)c(F)c1. The van der Waals surface area contributed by atoms with Gasteiger partial charge in [-0.25, -0.2) is 12.8 Å². The van der Waals surface area contributed by atoms with Crippen molar-refractivity contribution in [2.45, 2.75) is 68.2 Å². The van der Waals surface area contributed by atoms with E-state index in [-0.39, 0.29) is 29.4 Å². The van der Waals surface area contributed by atoms with Crippen LogP contribution < -0.4 is 0 Å². The largest absolute Gasteiger partial charge is 0.455 e. The van der Waals surface area contributed by atoms with Crippen LogP contribution in [-0.2, 0) is 27.3 Å². The average Bonchev–Trinajstić information content (AvgIpc) is 3.28. The highest BCUT2D eigenvalue weighted by molar-refractivity contribution is 7.90. The molecule has 4 rings (SSSR count). The molecule has 0 radical (unpaired) electrons. The predicted molar refractivity (Wildman–Crippen MR) is 118 cm³/mol. The van der Waals surface area contributed by atoms with Gasteiger partial charge in [0.1, 0.15) is 5.82 Å². The first-order chi connectivity index (χ1) is 16.5. The van der Waals surface area contributed by atoms with Crippen molar-refractivity contribution in [2.75, 3.05) is 26.0 Å². The molecule has 0 spiro atoms. The van der Waals surface area contributed by atoms with Gasteiger partial charge in [-0.15, -0.1) is 0 Å². The van der Waals surface area contributed by atoms with Crippen molar-refractivity contribution in [2.24, 2.45) is 5.92 Å². The van der Waals surface area contributed by atoms with Crippen molar-refractivity contribution in [3.8, 4) is 0 Å². The van der Waals surface area contributed by atoms with E-state index in [1.54, 1.807) is 6.07 Å². The van der Waals surface area contributed by atoms with Crippen LogP contribution in [0.25, 0.3) is 0 Å². The van der Waals surface area contributed by atoms with Gasteiger partial charge in [-0.1, -0.05) is 11.2 Å². The lowest BCUT2D eigenvalue weighted by atomic mass is 9.82. The molecule has 2 aromatic rings. The van der Waals surface area contributed by atoms with Crippen LogP contribution in [0.2, 0.25) is 0 Å². The number of aromatic nitrogens is 2. The third-order valence-electron chi connectivity index (χ3n) is 6.87. The van der Waals surface area contributed by atoms with Gasteiger partial charge in [-0.05, 0) is 81.1 Å². The Hall–Kier alpha value is -2.05. The molecule has 1 aromatic heterocycles. The number of ether oxygens (including phenoxy) is 1. The molecule has 35 heavy (non-hydrogen) atoms. The second-order valence-electron chi connectivity index (χ2n) is 9.49. The summed E-state index contributed by atoms with van der Waals surface area (Å²) in [6.45, 7) is 2.25. The van der Waals surface area contributed by atoms with Crippen molar-refractivity contribution in [3.05, 3.63) is 41.3 Å². The van der Waals surface area contributed by atoms with Gasteiger partial charge in [0.2, 0.25) is 5.89 Å². The molecular weight excluding hydrogens is 490 g/mol. The summed E-state index contributed by atoms with van der Waals surface area (Å²) in [6.07, 6.45) is 1.50. The number of sulfone groups is 1. The van der Waals surface area contributed by atoms with Crippen LogP contribution in [0.5, 0.6) is 0 Å². The summed E-state index contributed by atoms with van der Waals surface area (Å²) in [5.41, 5.74) is 0.562. The number of hydrogen-bond acceptors (Lipinski definition) is 7. The average molecular weight is 520 g/mol. The van der Waals surface area contributed by atoms with Crippen LogP contribution in [0.1, 0.15) is 61.7 Å². The summed E-state index contributed by atoms with van der Waals surface area (Å²) >= 11 is 0. The minimum Gasteiger partial charge on any atom is -0.378 e. The maximum Gasteiger partial charge on any atom is 0.455 e. The molecular formula is C23H29F4N3O4S. The Labute approximate surface area is 201 Å². The molecule has 0 bridgehead atoms. The molecule has 1 aliphatic heterocycles. The summed E-state index contributed by atoms with van der Waals surface area (Å²) in [6, 6.07) is 4.16. The van der Waals surface area contributed by atoms with Gasteiger partial charge < -0.3 is 9.26 Å². The fraction of sp³-hybridized carbons (Fsp3) is 0.652. The standard InChI is InChI=1S/C23H29F4N3O4S/c1-35(31,32)18-6-7-19(20(24)12-18)16-2-4-17(5-3-16)33-14-15-8-10-30(11-9-15)13-21-28-22(29-34-21)23(25,26)27/h6-7,12,15-17H,2-5,8-11,13-14H2,1H3/t16-,17-. The number of piperidine rings is 1. The topological polar surface area (TPSA) is 85.5 Å². The van der Waals surface area contributed by atoms with Gasteiger partial charge in [0.15, 0.2) is 9.84 Å². The molecule has 1 aliphatic carbocycles. The Bertz CT molecular complexity index is 1110. The van der Waals surface area contributed by atoms with Crippen LogP contribution in [-0.4, -0.2) is 55.5 Å². The van der Waals surface area contributed by atoms with Gasteiger partial charge >= 0.3 is 6.18 Å². The van der Waals surface area contributed by atoms with E-state index in [1.165, 1.54) is 6.07 Å². The van der Waals surface area contributed by atoms with Crippen LogP contribution in [0.4, 0.5) is 17.6 Å². The second kappa shape index (κ2) is 10.5. The monoisotopic (exact) mass is 519 g/mol. The highest BCUT2D eigenvalue weighted by atomic mass is 32.2. The lowest BCUT2D eigenvalue weighted by molar-refractivity contribution is -0.146. The van der Waals surface area contributed by atoms with Crippen molar-refractivity contribution >= 4 is 9.84 Å². The van der Waals surface area contributed by atoms with E-state index in [0.29, 0.717) is 31.2 Å². The molecule has 2 heterocycles. The maximum atomic E-state index is 14.5. The molecule has 1 aromatic carbocycles. The van der Waals surface area contributed by atoms with Gasteiger partial charge in [0.25, 0.3) is 5.82 Å². The van der Waals surface area contributed by atoms with Crippen molar-refractivity contribution in [1.29, 1.82) is 0 Å². The third kappa shape index (κ3) is 6.79. The first-order valence-corrected chi connectivity index (χ1v) is 13.6. The Morgan fingerprint density at radius 3 is 2.37 bits per heavy atom. The van der Waals surface area contributed by atoms with E-state index in [0.717, 1.165) is 50.8 Å². The molecule has 194 valence electrons. The van der Waals surface area contributed by atoms with Crippen LogP contribution in [0, 0.1) is 11.7 Å². The van der Waals surface area contributed by atoms with Crippen molar-refractivity contribution in [1.82, 2.24) is 15.0 Å². The van der Waals surface area contributed by atoms with E-state index < -0.39 is 27.7 Å². The fourth-order valence-electron chi connectivity index (χ4n) is 4.82. The van der Waals surface area contributed by atoms with E-state index in [2.05, 4.69) is 10.1 Å². The van der Waals surface area contributed by atoms with Crippen LogP contribution in [0.15, 0.2) is 27.6 Å². The van der Waals surface area contributed by atoms with Gasteiger partial charge in [0.05, 0.1) is 17.5 Å². The number of hydrogen-bond donors (Lipinski definition) is 0. The molecule has 12 heteroatoms. The van der Waals surface area contributed by atoms with Crippen LogP contribution in [0.3, 0.4) is 0 Å². The molecule has 0 N–H and O–H groups in total. The number of likely N-dealkylation sites (tertiary alicyclic amines) is 1. The summed E-state index contributed by atoms with van der Waals surface area (Å²) in [5, 5.41) is 2.99. The zero-order chi connectivity index (χ0) is 25.2. The summed E-state index contributed by atoms with van der Waals surface area (Å²) < 4.78 is 86.4. The Kier molecular flexibility index (Phi) is 7.82. The van der Waals surface area contributed by atoms with Gasteiger partial charge in [-0.2, -0.15) is 18.2 Å². The molecule has 7 nitrogen and oxygen atoms in total. The lowest BCUT2D eigenvalue weighted by Crippen LogP contribution is -2.35. The molecule has 0 amide bonds. The van der Waals surface area contributed by atoms with Crippen LogP contribution >= 0.6 is 0 Å². The zero-order valence-corrected chi connectivity index (χ0v) is 20.2. The normalized spacial score (nSPS) is 23.0. The molecule has 0 unspecified atom stereocenters. The summed E-state index contributed by atoms with van der Waals surface area (Å²) in [5.74, 6) is -1.34. The van der Waals surface area contributed by atoms with Gasteiger partial charge in [0, 0.05) is 12.9 Å². The maximum absolute atomic E-state index is 14.5. The summed E-state index contributed by atoms with van der Waals surface area (Å²) in [7, 11) is -3.44. The van der Waals surface area contributed by atoms with Gasteiger partial charge in [-0.3, -0.25) is 4.90 Å². The minimum atomic E-state index is -4.61. The predicted octanol–water partition coefficient (Wildman–Crippen LogP) is 4.59. The fourth-order valence-corrected chi connectivity index (χ4v) is 5.45. The second-order valence-corrected chi connectivity index (χ2v) is 11.5. The zero-order valence-electron chi connectivity index (χ0n) is 19.4. The van der Waals surface area contributed by atoms with E-state index >= 15 is 0 Å². The number of rotatable bonds is 7. The van der Waals surface area contributed by atoms with Crippen molar-refractivity contribution < 1.29 is 35.2 Å². The third-order valence-corrected chi connectivity index (χ3v) is 7.98. The quantitative estimate of drug-likeness (QED) is 0.495. The molecule has 2 aliphatic rings. The molecule has 1 saturated heterocycles. The smallest absolute Gasteiger partial charge is 0.378 e. The number of halogens is 4. The van der Waals surface area contributed by atoms with Crippen molar-refractivity contribution in [3.63, 3.8) is 0 Å². The molecule has 0 atom stereocenters. The summed E-state index contributed by atoms with van der Waals surface area (Å²) in [4.78, 5) is 5.41. The van der Waals surface area contributed by atoms with E-state index in [9.17, 15) is 26.0 Å². The number of nitrogens with zero attached hydrogens (tertiary/aromatic N) is 3. The first kappa shape index (κ1) is 26.0. The lowest BCUT2D eigenvalue weighted by Gasteiger charge is -2.33. The Morgan fingerprint density at radius 1 is 1.11 bits per heavy atom. The Morgan fingerprint density at radius 2 is 1.80 bits per heavy atom. The van der Waals surface area contributed by atoms with E-state index in [1.807, 2.05) is 4.90 Å². The highest BCUT2D eigenvalue weighted by Crippen LogP contribution is 2.36. The molecule has 1 saturated carbocycles.